The highest BCUT2D eigenvalue weighted by molar-refractivity contribution is 6.01. The molecule has 3 rings (SSSR count). The molecule has 0 radical (unpaired) electrons. The molecule has 0 saturated carbocycles. The molecule has 2 aromatic rings. The van der Waals surface area contributed by atoms with Gasteiger partial charge in [0, 0.05) is 44.3 Å². The summed E-state index contributed by atoms with van der Waals surface area (Å²) in [4.78, 5) is 46.0. The molecule has 2 atom stereocenters. The number of halogens is 1. The number of hydrogen-bond donors (Lipinski definition) is 1. The molecule has 224 valence electrons. The largest absolute Gasteiger partial charge is 0.482 e. The van der Waals surface area contributed by atoms with Gasteiger partial charge in [-0.3, -0.25) is 9.69 Å². The second-order valence-electron chi connectivity index (χ2n) is 11.2. The van der Waals surface area contributed by atoms with E-state index in [9.17, 15) is 18.8 Å². The van der Waals surface area contributed by atoms with Gasteiger partial charge in [-0.15, -0.1) is 0 Å². The number of carbonyl (C=O) groups excluding carboxylic acids is 3. The number of piperazine rings is 1. The lowest BCUT2D eigenvalue weighted by Gasteiger charge is -2.41. The number of rotatable bonds is 8. The third-order valence-corrected chi connectivity index (χ3v) is 6.73. The molecule has 0 bridgehead atoms. The maximum Gasteiger partial charge on any atom is 0.410 e. The first-order valence-electron chi connectivity index (χ1n) is 13.8. The van der Waals surface area contributed by atoms with Crippen LogP contribution in [-0.4, -0.2) is 84.2 Å². The summed E-state index contributed by atoms with van der Waals surface area (Å²) in [5.74, 6) is -1.38. The number of methoxy groups -OCH3 is 1. The Hall–Kier alpha value is -3.73. The third-order valence-electron chi connectivity index (χ3n) is 6.73. The molecule has 1 aromatic heterocycles. The van der Waals surface area contributed by atoms with E-state index < -0.39 is 29.5 Å². The Bertz CT molecular complexity index is 1280. The van der Waals surface area contributed by atoms with Crippen molar-refractivity contribution < 1.29 is 33.0 Å². The van der Waals surface area contributed by atoms with E-state index in [0.717, 1.165) is 0 Å². The number of nitrogens with one attached hydrogen (secondary N) is 1. The Labute approximate surface area is 241 Å². The Balaban J connectivity index is 1.94. The zero-order chi connectivity index (χ0) is 30.5. The molecule has 41 heavy (non-hydrogen) atoms. The minimum absolute atomic E-state index is 0.144. The summed E-state index contributed by atoms with van der Waals surface area (Å²) in [6, 6.07) is 6.24. The van der Waals surface area contributed by atoms with E-state index >= 15 is 0 Å². The summed E-state index contributed by atoms with van der Waals surface area (Å²) in [6.07, 6.45) is -1.13. The average molecular weight is 573 g/mol. The van der Waals surface area contributed by atoms with Crippen LogP contribution < -0.4 is 10.1 Å². The molecule has 1 aliphatic heterocycles. The predicted molar refractivity (Wildman–Crippen MR) is 152 cm³/mol. The molecule has 1 aliphatic rings. The Morgan fingerprint density at radius 1 is 1.12 bits per heavy atom. The van der Waals surface area contributed by atoms with Gasteiger partial charge in [-0.1, -0.05) is 6.07 Å². The second kappa shape index (κ2) is 13.3. The summed E-state index contributed by atoms with van der Waals surface area (Å²) in [5.41, 5.74) is 1.10. The van der Waals surface area contributed by atoms with E-state index in [2.05, 4.69) is 15.2 Å². The number of carbonyl (C=O) groups is 3. The summed E-state index contributed by atoms with van der Waals surface area (Å²) in [7, 11) is 1.27. The summed E-state index contributed by atoms with van der Waals surface area (Å²) < 4.78 is 31.5. The van der Waals surface area contributed by atoms with Crippen molar-refractivity contribution in [2.45, 2.75) is 66.2 Å². The van der Waals surface area contributed by atoms with Crippen LogP contribution in [0.2, 0.25) is 0 Å². The SMILES string of the molecule is CCNC(=O)c1cc(C(=O)OC)c(C)cc1O[C@H](CN1CCN(C(=O)OC(C)(C)C)[C@H](C)C1)c1ccc(C)c(F)n1. The second-order valence-corrected chi connectivity index (χ2v) is 11.2. The molecule has 0 aliphatic carbocycles. The predicted octanol–water partition coefficient (Wildman–Crippen LogP) is 4.44. The first kappa shape index (κ1) is 31.8. The van der Waals surface area contributed by atoms with Crippen LogP contribution in [0.5, 0.6) is 5.75 Å². The molecule has 10 nitrogen and oxygen atoms in total. The van der Waals surface area contributed by atoms with Crippen LogP contribution in [0.25, 0.3) is 0 Å². The number of pyridine rings is 1. The minimum Gasteiger partial charge on any atom is -0.482 e. The molecular weight excluding hydrogens is 531 g/mol. The standard InChI is InChI=1S/C30H41FN4O6/c1-9-32-27(36)22-15-21(28(37)39-8)19(3)14-24(22)40-25(23-11-10-18(2)26(31)33-23)17-34-12-13-35(20(4)16-34)29(38)41-30(5,6)7/h10-11,14-15,20,25H,9,12-13,16-17H2,1-8H3,(H,32,36)/t20-,25-/m1/s1. The number of nitrogens with zero attached hydrogens (tertiary/aromatic N) is 3. The maximum absolute atomic E-state index is 14.6. The fourth-order valence-corrected chi connectivity index (χ4v) is 4.61. The van der Waals surface area contributed by atoms with Crippen molar-refractivity contribution in [3.8, 4) is 5.75 Å². The number of aromatic nitrogens is 1. The van der Waals surface area contributed by atoms with Crippen molar-refractivity contribution in [2.75, 3.05) is 39.8 Å². The van der Waals surface area contributed by atoms with Crippen molar-refractivity contribution in [3.05, 3.63) is 58.2 Å². The van der Waals surface area contributed by atoms with E-state index in [-0.39, 0.29) is 29.0 Å². The monoisotopic (exact) mass is 572 g/mol. The van der Waals surface area contributed by atoms with Crippen LogP contribution >= 0.6 is 0 Å². The fraction of sp³-hybridized carbons (Fsp3) is 0.533. The third kappa shape index (κ3) is 8.16. The van der Waals surface area contributed by atoms with E-state index in [1.165, 1.54) is 13.2 Å². The summed E-state index contributed by atoms with van der Waals surface area (Å²) in [6.45, 7) is 14.7. The molecule has 2 amide bonds. The van der Waals surface area contributed by atoms with Crippen molar-refractivity contribution in [3.63, 3.8) is 0 Å². The molecule has 1 saturated heterocycles. The fourth-order valence-electron chi connectivity index (χ4n) is 4.61. The molecule has 1 fully saturated rings. The molecule has 11 heteroatoms. The van der Waals surface area contributed by atoms with Gasteiger partial charge >= 0.3 is 12.1 Å². The zero-order valence-electron chi connectivity index (χ0n) is 25.2. The number of hydrogen-bond acceptors (Lipinski definition) is 8. The normalized spacial score (nSPS) is 16.6. The van der Waals surface area contributed by atoms with E-state index in [4.69, 9.17) is 14.2 Å². The molecule has 0 spiro atoms. The van der Waals surface area contributed by atoms with Crippen molar-refractivity contribution in [2.24, 2.45) is 0 Å². The first-order chi connectivity index (χ1) is 19.2. The van der Waals surface area contributed by atoms with Gasteiger partial charge in [-0.25, -0.2) is 14.6 Å². The van der Waals surface area contributed by atoms with Gasteiger partial charge in [0.05, 0.1) is 23.9 Å². The maximum atomic E-state index is 14.6. The Kier molecular flexibility index (Phi) is 10.3. The van der Waals surface area contributed by atoms with Gasteiger partial charge in [0.15, 0.2) is 6.10 Å². The quantitative estimate of drug-likeness (QED) is 0.365. The lowest BCUT2D eigenvalue weighted by atomic mass is 10.0. The van der Waals surface area contributed by atoms with Crippen LogP contribution in [0.3, 0.4) is 0 Å². The van der Waals surface area contributed by atoms with Crippen molar-refractivity contribution >= 4 is 18.0 Å². The summed E-state index contributed by atoms with van der Waals surface area (Å²) >= 11 is 0. The lowest BCUT2D eigenvalue weighted by molar-refractivity contribution is -0.00321. The minimum atomic E-state index is -0.762. The van der Waals surface area contributed by atoms with Gasteiger partial charge < -0.3 is 24.4 Å². The van der Waals surface area contributed by atoms with E-state index in [0.29, 0.717) is 49.5 Å². The number of esters is 1. The number of ether oxygens (including phenoxy) is 3. The molecule has 1 N–H and O–H groups in total. The first-order valence-corrected chi connectivity index (χ1v) is 13.8. The lowest BCUT2D eigenvalue weighted by Crippen LogP contribution is -2.55. The molecular formula is C30H41FN4O6. The van der Waals surface area contributed by atoms with Gasteiger partial charge in [0.25, 0.3) is 5.91 Å². The summed E-state index contributed by atoms with van der Waals surface area (Å²) in [5, 5.41) is 2.75. The van der Waals surface area contributed by atoms with Gasteiger partial charge in [0.1, 0.15) is 11.4 Å². The zero-order valence-corrected chi connectivity index (χ0v) is 25.2. The number of benzene rings is 1. The van der Waals surface area contributed by atoms with Crippen LogP contribution in [0.4, 0.5) is 9.18 Å². The van der Waals surface area contributed by atoms with Gasteiger partial charge in [0.2, 0.25) is 5.95 Å². The van der Waals surface area contributed by atoms with Crippen LogP contribution in [0.1, 0.15) is 78.3 Å². The molecule has 1 aromatic carbocycles. The van der Waals surface area contributed by atoms with Crippen LogP contribution in [0, 0.1) is 19.8 Å². The van der Waals surface area contributed by atoms with Gasteiger partial charge in [-0.2, -0.15) is 4.39 Å². The highest BCUT2D eigenvalue weighted by atomic mass is 19.1. The van der Waals surface area contributed by atoms with Crippen LogP contribution in [-0.2, 0) is 9.47 Å². The Morgan fingerprint density at radius 3 is 2.41 bits per heavy atom. The van der Waals surface area contributed by atoms with Crippen molar-refractivity contribution in [1.82, 2.24) is 20.1 Å². The van der Waals surface area contributed by atoms with Crippen molar-refractivity contribution in [1.29, 1.82) is 0 Å². The van der Waals surface area contributed by atoms with Crippen LogP contribution in [0.15, 0.2) is 24.3 Å². The van der Waals surface area contributed by atoms with E-state index in [1.807, 2.05) is 27.7 Å². The number of amides is 2. The number of aryl methyl sites for hydroxylation is 2. The molecule has 2 heterocycles. The Morgan fingerprint density at radius 2 is 1.83 bits per heavy atom. The smallest absolute Gasteiger partial charge is 0.410 e. The van der Waals surface area contributed by atoms with E-state index in [1.54, 1.807) is 43.9 Å². The van der Waals surface area contributed by atoms with Gasteiger partial charge in [-0.05, 0) is 72.2 Å². The highest BCUT2D eigenvalue weighted by Crippen LogP contribution is 2.30. The average Bonchev–Trinajstić information content (AvgIpc) is 2.88. The highest BCUT2D eigenvalue weighted by Gasteiger charge is 2.33. The topological polar surface area (TPSA) is 110 Å². The molecule has 0 unspecified atom stereocenters.